The van der Waals surface area contributed by atoms with Gasteiger partial charge in [-0.2, -0.15) is 0 Å². The van der Waals surface area contributed by atoms with Crippen LogP contribution in [0.1, 0.15) is 5.56 Å². The molecule has 0 radical (unpaired) electrons. The van der Waals surface area contributed by atoms with Gasteiger partial charge in [-0.1, -0.05) is 6.07 Å². The van der Waals surface area contributed by atoms with Crippen molar-refractivity contribution < 1.29 is 9.47 Å². The van der Waals surface area contributed by atoms with Gasteiger partial charge < -0.3 is 14.8 Å². The van der Waals surface area contributed by atoms with Crippen LogP contribution in [0.5, 0.6) is 11.5 Å². The predicted molar refractivity (Wildman–Crippen MR) is 87.1 cm³/mol. The van der Waals surface area contributed by atoms with E-state index in [1.165, 1.54) is 0 Å². The van der Waals surface area contributed by atoms with Crippen LogP contribution in [0.2, 0.25) is 0 Å². The van der Waals surface area contributed by atoms with Crippen molar-refractivity contribution in [3.8, 4) is 11.5 Å². The molecule has 0 saturated heterocycles. The third kappa shape index (κ3) is 2.65. The zero-order valence-corrected chi connectivity index (χ0v) is 12.8. The van der Waals surface area contributed by atoms with Crippen molar-refractivity contribution >= 4 is 22.4 Å². The van der Waals surface area contributed by atoms with Gasteiger partial charge in [-0.05, 0) is 42.8 Å². The van der Waals surface area contributed by atoms with Crippen molar-refractivity contribution in [2.45, 2.75) is 6.92 Å². The summed E-state index contributed by atoms with van der Waals surface area (Å²) in [6.45, 7) is 2.03. The first-order valence-electron chi connectivity index (χ1n) is 6.91. The molecule has 112 valence electrons. The SMILES string of the molecule is COc1ccc2ncnc(Nc3cc(C)ccc3OC)c2c1. The fourth-order valence-electron chi connectivity index (χ4n) is 2.31. The lowest BCUT2D eigenvalue weighted by molar-refractivity contribution is 0.415. The Morgan fingerprint density at radius 1 is 0.955 bits per heavy atom. The number of aromatic nitrogens is 2. The molecule has 0 atom stereocenters. The summed E-state index contributed by atoms with van der Waals surface area (Å²) >= 11 is 0. The molecule has 5 nitrogen and oxygen atoms in total. The molecular formula is C17H17N3O2. The Morgan fingerprint density at radius 3 is 2.59 bits per heavy atom. The normalized spacial score (nSPS) is 10.5. The number of ether oxygens (including phenoxy) is 2. The number of fused-ring (bicyclic) bond motifs is 1. The van der Waals surface area contributed by atoms with Gasteiger partial charge in [0.25, 0.3) is 0 Å². The van der Waals surface area contributed by atoms with Crippen LogP contribution in [-0.2, 0) is 0 Å². The minimum absolute atomic E-state index is 0.716. The Morgan fingerprint density at radius 2 is 1.82 bits per heavy atom. The summed E-state index contributed by atoms with van der Waals surface area (Å²) in [6, 6.07) is 11.7. The molecule has 0 bridgehead atoms. The summed E-state index contributed by atoms with van der Waals surface area (Å²) in [5, 5.41) is 4.22. The Kier molecular flexibility index (Phi) is 3.78. The third-order valence-electron chi connectivity index (χ3n) is 3.45. The summed E-state index contributed by atoms with van der Waals surface area (Å²) in [7, 11) is 3.29. The number of hydrogen-bond donors (Lipinski definition) is 1. The zero-order chi connectivity index (χ0) is 15.5. The first-order valence-corrected chi connectivity index (χ1v) is 6.91. The van der Waals surface area contributed by atoms with Crippen LogP contribution in [0.3, 0.4) is 0 Å². The average Bonchev–Trinajstić information content (AvgIpc) is 2.55. The van der Waals surface area contributed by atoms with Crippen molar-refractivity contribution in [2.24, 2.45) is 0 Å². The Hall–Kier alpha value is -2.82. The van der Waals surface area contributed by atoms with Gasteiger partial charge in [0.15, 0.2) is 0 Å². The summed E-state index contributed by atoms with van der Waals surface area (Å²) in [5.41, 5.74) is 2.86. The lowest BCUT2D eigenvalue weighted by Gasteiger charge is -2.13. The van der Waals surface area contributed by atoms with E-state index in [9.17, 15) is 0 Å². The molecule has 0 fully saturated rings. The molecule has 3 aromatic rings. The van der Waals surface area contributed by atoms with Crippen LogP contribution >= 0.6 is 0 Å². The molecule has 0 spiro atoms. The van der Waals surface area contributed by atoms with E-state index in [-0.39, 0.29) is 0 Å². The van der Waals surface area contributed by atoms with E-state index in [0.717, 1.165) is 33.7 Å². The van der Waals surface area contributed by atoms with Gasteiger partial charge in [-0.25, -0.2) is 9.97 Å². The molecule has 2 aromatic carbocycles. The van der Waals surface area contributed by atoms with Crippen LogP contribution in [0, 0.1) is 6.92 Å². The number of nitrogens with zero attached hydrogens (tertiary/aromatic N) is 2. The fourth-order valence-corrected chi connectivity index (χ4v) is 2.31. The van der Waals surface area contributed by atoms with E-state index >= 15 is 0 Å². The number of hydrogen-bond acceptors (Lipinski definition) is 5. The smallest absolute Gasteiger partial charge is 0.142 e. The molecule has 1 N–H and O–H groups in total. The number of methoxy groups -OCH3 is 2. The Balaban J connectivity index is 2.09. The maximum atomic E-state index is 5.40. The first kappa shape index (κ1) is 14.1. The average molecular weight is 295 g/mol. The largest absolute Gasteiger partial charge is 0.497 e. The number of anilines is 2. The van der Waals surface area contributed by atoms with Gasteiger partial charge in [0.1, 0.15) is 23.6 Å². The summed E-state index contributed by atoms with van der Waals surface area (Å²) < 4.78 is 10.7. The van der Waals surface area contributed by atoms with Crippen LogP contribution in [0.15, 0.2) is 42.7 Å². The van der Waals surface area contributed by atoms with Crippen LogP contribution in [0.4, 0.5) is 11.5 Å². The van der Waals surface area contributed by atoms with E-state index in [4.69, 9.17) is 9.47 Å². The lowest BCUT2D eigenvalue weighted by Crippen LogP contribution is -1.99. The van der Waals surface area contributed by atoms with Gasteiger partial charge in [0.05, 0.1) is 25.4 Å². The monoisotopic (exact) mass is 295 g/mol. The minimum atomic E-state index is 0.716. The first-order chi connectivity index (χ1) is 10.7. The standard InChI is InChI=1S/C17H17N3O2/c1-11-4-7-16(22-3)15(8-11)20-17-13-9-12(21-2)5-6-14(13)18-10-19-17/h4-10H,1-3H3,(H,18,19,20). The molecular weight excluding hydrogens is 278 g/mol. The molecule has 0 amide bonds. The second-order valence-electron chi connectivity index (χ2n) is 4.93. The number of nitrogens with one attached hydrogen (secondary N) is 1. The molecule has 0 aliphatic rings. The maximum absolute atomic E-state index is 5.40. The van der Waals surface area contributed by atoms with E-state index in [0.29, 0.717) is 5.82 Å². The minimum Gasteiger partial charge on any atom is -0.497 e. The summed E-state index contributed by atoms with van der Waals surface area (Å²) in [5.74, 6) is 2.25. The molecule has 0 aliphatic carbocycles. The summed E-state index contributed by atoms with van der Waals surface area (Å²) in [6.07, 6.45) is 1.54. The molecule has 3 rings (SSSR count). The van der Waals surface area contributed by atoms with Crippen molar-refractivity contribution in [1.82, 2.24) is 9.97 Å². The second kappa shape index (κ2) is 5.89. The molecule has 1 aromatic heterocycles. The number of benzene rings is 2. The van der Waals surface area contributed by atoms with Crippen molar-refractivity contribution in [3.05, 3.63) is 48.3 Å². The van der Waals surface area contributed by atoms with Crippen molar-refractivity contribution in [2.75, 3.05) is 19.5 Å². The van der Waals surface area contributed by atoms with Gasteiger partial charge in [-0.15, -0.1) is 0 Å². The van der Waals surface area contributed by atoms with Crippen LogP contribution in [0.25, 0.3) is 10.9 Å². The van der Waals surface area contributed by atoms with E-state index in [2.05, 4.69) is 15.3 Å². The lowest BCUT2D eigenvalue weighted by atomic mass is 10.2. The molecule has 5 heteroatoms. The highest BCUT2D eigenvalue weighted by molar-refractivity contribution is 5.92. The molecule has 0 unspecified atom stereocenters. The quantitative estimate of drug-likeness (QED) is 0.795. The molecule has 1 heterocycles. The van der Waals surface area contributed by atoms with Crippen molar-refractivity contribution in [1.29, 1.82) is 0 Å². The maximum Gasteiger partial charge on any atom is 0.142 e. The molecule has 0 saturated carbocycles. The second-order valence-corrected chi connectivity index (χ2v) is 4.93. The Bertz CT molecular complexity index is 818. The van der Waals surface area contributed by atoms with Gasteiger partial charge in [-0.3, -0.25) is 0 Å². The number of aryl methyl sites for hydroxylation is 1. The molecule has 0 aliphatic heterocycles. The topological polar surface area (TPSA) is 56.3 Å². The molecule has 22 heavy (non-hydrogen) atoms. The highest BCUT2D eigenvalue weighted by atomic mass is 16.5. The van der Waals surface area contributed by atoms with E-state index in [1.54, 1.807) is 20.5 Å². The van der Waals surface area contributed by atoms with Gasteiger partial charge in [0.2, 0.25) is 0 Å². The van der Waals surface area contributed by atoms with E-state index < -0.39 is 0 Å². The highest BCUT2D eigenvalue weighted by Crippen LogP contribution is 2.31. The van der Waals surface area contributed by atoms with Crippen LogP contribution in [-0.4, -0.2) is 24.2 Å². The summed E-state index contributed by atoms with van der Waals surface area (Å²) in [4.78, 5) is 8.63. The highest BCUT2D eigenvalue weighted by Gasteiger charge is 2.09. The van der Waals surface area contributed by atoms with Gasteiger partial charge in [0, 0.05) is 5.39 Å². The predicted octanol–water partition coefficient (Wildman–Crippen LogP) is 3.70. The van der Waals surface area contributed by atoms with E-state index in [1.807, 2.05) is 43.3 Å². The Labute approximate surface area is 128 Å². The van der Waals surface area contributed by atoms with Crippen molar-refractivity contribution in [3.63, 3.8) is 0 Å². The van der Waals surface area contributed by atoms with Gasteiger partial charge >= 0.3 is 0 Å². The number of rotatable bonds is 4. The fraction of sp³-hybridized carbons (Fsp3) is 0.176. The van der Waals surface area contributed by atoms with Crippen LogP contribution < -0.4 is 14.8 Å². The zero-order valence-electron chi connectivity index (χ0n) is 12.8. The third-order valence-corrected chi connectivity index (χ3v) is 3.45.